The zero-order valence-corrected chi connectivity index (χ0v) is 11.1. The standard InChI is InChI=1S/C11H8ClIN2O/c12-11-10-9(13)6-3-1-2-4-7(6)15(10)5-8(16)14-11/h1-4,11H,5H2,(H,14,16). The molecule has 2 aromatic rings. The molecule has 0 aliphatic carbocycles. The van der Waals surface area contributed by atoms with Gasteiger partial charge in [0.05, 0.1) is 5.69 Å². The molecule has 3 nitrogen and oxygen atoms in total. The van der Waals surface area contributed by atoms with Crippen molar-refractivity contribution in [2.75, 3.05) is 0 Å². The number of carbonyl (C=O) groups excluding carboxylic acids is 1. The minimum atomic E-state index is -0.430. The van der Waals surface area contributed by atoms with Crippen LogP contribution in [0.5, 0.6) is 0 Å². The molecule has 1 unspecified atom stereocenters. The molecule has 0 saturated carbocycles. The zero-order chi connectivity index (χ0) is 11.3. The molecule has 0 spiro atoms. The molecule has 3 rings (SSSR count). The van der Waals surface area contributed by atoms with Crippen LogP contribution in [0.15, 0.2) is 24.3 Å². The van der Waals surface area contributed by atoms with Gasteiger partial charge in [0.25, 0.3) is 0 Å². The smallest absolute Gasteiger partial charge is 0.241 e. The average molecular weight is 347 g/mol. The van der Waals surface area contributed by atoms with Crippen LogP contribution in [0, 0.1) is 3.57 Å². The van der Waals surface area contributed by atoms with E-state index in [0.717, 1.165) is 20.2 Å². The molecule has 1 aromatic carbocycles. The fourth-order valence-electron chi connectivity index (χ4n) is 2.10. The van der Waals surface area contributed by atoms with Crippen LogP contribution in [-0.4, -0.2) is 10.5 Å². The molecule has 1 aromatic heterocycles. The Morgan fingerprint density at radius 1 is 1.44 bits per heavy atom. The fraction of sp³-hybridized carbons (Fsp3) is 0.182. The Labute approximate surface area is 111 Å². The molecular formula is C11H8ClIN2O. The highest BCUT2D eigenvalue weighted by Crippen LogP contribution is 2.34. The highest BCUT2D eigenvalue weighted by Gasteiger charge is 2.27. The third-order valence-corrected chi connectivity index (χ3v) is 4.23. The largest absolute Gasteiger partial charge is 0.333 e. The number of benzene rings is 1. The van der Waals surface area contributed by atoms with E-state index in [1.54, 1.807) is 0 Å². The van der Waals surface area contributed by atoms with Crippen LogP contribution in [-0.2, 0) is 11.3 Å². The topological polar surface area (TPSA) is 34.0 Å². The maximum Gasteiger partial charge on any atom is 0.241 e. The number of para-hydroxylation sites is 1. The first-order chi connectivity index (χ1) is 7.68. The van der Waals surface area contributed by atoms with Gasteiger partial charge in [0.2, 0.25) is 5.91 Å². The van der Waals surface area contributed by atoms with Gasteiger partial charge < -0.3 is 9.88 Å². The summed E-state index contributed by atoms with van der Waals surface area (Å²) < 4.78 is 3.11. The summed E-state index contributed by atoms with van der Waals surface area (Å²) in [5.74, 6) is -0.0374. The molecule has 5 heteroatoms. The van der Waals surface area contributed by atoms with Crippen molar-refractivity contribution in [3.05, 3.63) is 33.5 Å². The lowest BCUT2D eigenvalue weighted by Crippen LogP contribution is -2.36. The number of fused-ring (bicyclic) bond motifs is 3. The molecule has 0 radical (unpaired) electrons. The summed E-state index contributed by atoms with van der Waals surface area (Å²) in [6.07, 6.45) is 0. The Balaban J connectivity index is 2.39. The van der Waals surface area contributed by atoms with E-state index in [2.05, 4.69) is 34.0 Å². The maximum absolute atomic E-state index is 11.5. The lowest BCUT2D eigenvalue weighted by atomic mass is 10.2. The van der Waals surface area contributed by atoms with E-state index < -0.39 is 5.50 Å². The third kappa shape index (κ3) is 1.36. The zero-order valence-electron chi connectivity index (χ0n) is 8.21. The first kappa shape index (κ1) is 10.4. The number of halogens is 2. The Morgan fingerprint density at radius 3 is 3.00 bits per heavy atom. The van der Waals surface area contributed by atoms with Crippen molar-refractivity contribution < 1.29 is 4.79 Å². The highest BCUT2D eigenvalue weighted by atomic mass is 127. The van der Waals surface area contributed by atoms with E-state index in [1.165, 1.54) is 0 Å². The van der Waals surface area contributed by atoms with Crippen LogP contribution in [0.1, 0.15) is 11.2 Å². The monoisotopic (exact) mass is 346 g/mol. The van der Waals surface area contributed by atoms with Gasteiger partial charge in [-0.3, -0.25) is 4.79 Å². The summed E-state index contributed by atoms with van der Waals surface area (Å²) >= 11 is 8.44. The van der Waals surface area contributed by atoms with Gasteiger partial charge in [-0.15, -0.1) is 0 Å². The van der Waals surface area contributed by atoms with Crippen molar-refractivity contribution in [2.45, 2.75) is 12.0 Å². The summed E-state index contributed by atoms with van der Waals surface area (Å²) in [5.41, 5.74) is 1.63. The van der Waals surface area contributed by atoms with E-state index >= 15 is 0 Å². The van der Waals surface area contributed by atoms with Gasteiger partial charge in [-0.1, -0.05) is 29.8 Å². The second-order valence-corrected chi connectivity index (χ2v) is 5.25. The molecule has 1 atom stereocenters. The van der Waals surface area contributed by atoms with Gasteiger partial charge in [-0.25, -0.2) is 0 Å². The fourth-order valence-corrected chi connectivity index (χ4v) is 3.69. The van der Waals surface area contributed by atoms with E-state index in [0.29, 0.717) is 6.54 Å². The molecule has 0 bridgehead atoms. The summed E-state index contributed by atoms with van der Waals surface area (Å²) in [5, 5.41) is 3.89. The maximum atomic E-state index is 11.5. The number of nitrogens with one attached hydrogen (secondary N) is 1. The first-order valence-electron chi connectivity index (χ1n) is 4.88. The van der Waals surface area contributed by atoms with Gasteiger partial charge in [0.15, 0.2) is 0 Å². The van der Waals surface area contributed by atoms with Crippen molar-refractivity contribution in [1.29, 1.82) is 0 Å². The number of rotatable bonds is 0. The van der Waals surface area contributed by atoms with Crippen molar-refractivity contribution in [2.24, 2.45) is 0 Å². The van der Waals surface area contributed by atoms with Crippen molar-refractivity contribution in [1.82, 2.24) is 9.88 Å². The molecular weight excluding hydrogens is 338 g/mol. The van der Waals surface area contributed by atoms with Crippen LogP contribution >= 0.6 is 34.2 Å². The Hall–Kier alpha value is -0.750. The van der Waals surface area contributed by atoms with Crippen molar-refractivity contribution in [3.8, 4) is 0 Å². The van der Waals surface area contributed by atoms with Crippen LogP contribution < -0.4 is 5.32 Å². The third-order valence-electron chi connectivity index (χ3n) is 2.78. The lowest BCUT2D eigenvalue weighted by molar-refractivity contribution is -0.122. The van der Waals surface area contributed by atoms with E-state index in [4.69, 9.17) is 11.6 Å². The van der Waals surface area contributed by atoms with Gasteiger partial charge in [0.1, 0.15) is 12.0 Å². The minimum Gasteiger partial charge on any atom is -0.333 e. The van der Waals surface area contributed by atoms with Crippen LogP contribution in [0.25, 0.3) is 10.9 Å². The molecule has 0 saturated heterocycles. The average Bonchev–Trinajstić information content (AvgIpc) is 2.54. The predicted molar refractivity (Wildman–Crippen MR) is 71.4 cm³/mol. The number of aromatic nitrogens is 1. The number of nitrogens with zero attached hydrogens (tertiary/aromatic N) is 1. The first-order valence-corrected chi connectivity index (χ1v) is 6.40. The molecule has 0 fully saturated rings. The van der Waals surface area contributed by atoms with Gasteiger partial charge in [-0.05, 0) is 28.7 Å². The number of hydrogen-bond acceptors (Lipinski definition) is 1. The van der Waals surface area contributed by atoms with Gasteiger partial charge in [-0.2, -0.15) is 0 Å². The quantitative estimate of drug-likeness (QED) is 0.444. The Kier molecular flexibility index (Phi) is 2.36. The Bertz CT molecular complexity index is 593. The Morgan fingerprint density at radius 2 is 2.19 bits per heavy atom. The minimum absolute atomic E-state index is 0.0374. The highest BCUT2D eigenvalue weighted by molar-refractivity contribution is 14.1. The molecule has 1 amide bonds. The second-order valence-electron chi connectivity index (χ2n) is 3.73. The number of hydrogen-bond donors (Lipinski definition) is 1. The molecule has 82 valence electrons. The molecule has 2 heterocycles. The van der Waals surface area contributed by atoms with Crippen molar-refractivity contribution in [3.63, 3.8) is 0 Å². The number of carbonyl (C=O) groups is 1. The summed E-state index contributed by atoms with van der Waals surface area (Å²) in [4.78, 5) is 11.5. The number of alkyl halides is 1. The van der Waals surface area contributed by atoms with Crippen molar-refractivity contribution >= 4 is 51.0 Å². The van der Waals surface area contributed by atoms with Crippen LogP contribution in [0.4, 0.5) is 0 Å². The molecule has 1 aliphatic heterocycles. The number of amides is 1. The lowest BCUT2D eigenvalue weighted by Gasteiger charge is -2.22. The van der Waals surface area contributed by atoms with Crippen LogP contribution in [0.3, 0.4) is 0 Å². The molecule has 16 heavy (non-hydrogen) atoms. The van der Waals surface area contributed by atoms with E-state index in [9.17, 15) is 4.79 Å². The molecule has 1 aliphatic rings. The molecule has 1 N–H and O–H groups in total. The summed E-state index contributed by atoms with van der Waals surface area (Å²) in [7, 11) is 0. The SMILES string of the molecule is O=C1Cn2c(c(I)c3ccccc32)C(Cl)N1. The van der Waals surface area contributed by atoms with Gasteiger partial charge in [0, 0.05) is 14.5 Å². The summed E-state index contributed by atoms with van der Waals surface area (Å²) in [6, 6.07) is 8.04. The van der Waals surface area contributed by atoms with Gasteiger partial charge >= 0.3 is 0 Å². The van der Waals surface area contributed by atoms with Crippen LogP contribution in [0.2, 0.25) is 0 Å². The predicted octanol–water partition coefficient (Wildman–Crippen LogP) is 2.61. The summed E-state index contributed by atoms with van der Waals surface area (Å²) in [6.45, 7) is 0.349. The second kappa shape index (κ2) is 3.63. The van der Waals surface area contributed by atoms with E-state index in [1.807, 2.05) is 22.8 Å². The normalized spacial score (nSPS) is 19.6. The van der Waals surface area contributed by atoms with E-state index in [-0.39, 0.29) is 5.91 Å².